The van der Waals surface area contributed by atoms with E-state index in [2.05, 4.69) is 24.1 Å². The highest BCUT2D eigenvalue weighted by Crippen LogP contribution is 2.30. The van der Waals surface area contributed by atoms with Crippen molar-refractivity contribution in [3.8, 4) is 5.75 Å². The van der Waals surface area contributed by atoms with E-state index >= 15 is 0 Å². The summed E-state index contributed by atoms with van der Waals surface area (Å²) in [7, 11) is 0. The van der Waals surface area contributed by atoms with Gasteiger partial charge in [-0.3, -0.25) is 9.69 Å². The Bertz CT molecular complexity index is 1200. The molecule has 5 nitrogen and oxygen atoms in total. The van der Waals surface area contributed by atoms with E-state index in [-0.39, 0.29) is 35.2 Å². The third-order valence-electron chi connectivity index (χ3n) is 7.27. The van der Waals surface area contributed by atoms with Gasteiger partial charge < -0.3 is 15.0 Å². The Labute approximate surface area is 243 Å². The molecule has 1 unspecified atom stereocenters. The van der Waals surface area contributed by atoms with Gasteiger partial charge in [-0.2, -0.15) is 0 Å². The molecule has 7 heteroatoms. The van der Waals surface area contributed by atoms with Crippen LogP contribution >= 0.6 is 0 Å². The van der Waals surface area contributed by atoms with Crippen molar-refractivity contribution >= 4 is 5.91 Å². The Hall–Kier alpha value is -3.29. The lowest BCUT2D eigenvalue weighted by Gasteiger charge is -2.41. The average Bonchev–Trinajstić information content (AvgIpc) is 2.93. The standard InChI is InChI=1S/C34H43F2N3O2/c1-24(2)22-31(37-23-25-6-16-30(17-7-25)41-34(3,4)5)33(40)39-20-18-38(19-21-39)32(26-8-12-28(35)13-9-26)27-10-14-29(36)15-11-27/h6-17,24,31-32,37H,18-23H2,1-5H3. The van der Waals surface area contributed by atoms with Crippen LogP contribution in [0.2, 0.25) is 0 Å². The van der Waals surface area contributed by atoms with Gasteiger partial charge in [-0.15, -0.1) is 0 Å². The minimum atomic E-state index is -0.292. The number of carbonyl (C=O) groups is 1. The van der Waals surface area contributed by atoms with Gasteiger partial charge in [0.05, 0.1) is 12.1 Å². The fourth-order valence-electron chi connectivity index (χ4n) is 5.34. The fourth-order valence-corrected chi connectivity index (χ4v) is 5.34. The molecule has 220 valence electrons. The summed E-state index contributed by atoms with van der Waals surface area (Å²) in [5.74, 6) is 0.723. The summed E-state index contributed by atoms with van der Waals surface area (Å²) in [6.45, 7) is 13.4. The molecule has 4 rings (SSSR count). The number of hydrogen-bond donors (Lipinski definition) is 1. The number of halogens is 2. The zero-order valence-corrected chi connectivity index (χ0v) is 24.9. The smallest absolute Gasteiger partial charge is 0.239 e. The molecule has 1 aliphatic rings. The number of hydrogen-bond acceptors (Lipinski definition) is 4. The van der Waals surface area contributed by atoms with Crippen LogP contribution in [0, 0.1) is 17.6 Å². The molecule has 1 saturated heterocycles. The van der Waals surface area contributed by atoms with E-state index in [9.17, 15) is 13.6 Å². The first-order chi connectivity index (χ1) is 19.5. The van der Waals surface area contributed by atoms with E-state index in [0.29, 0.717) is 38.6 Å². The molecule has 41 heavy (non-hydrogen) atoms. The first kappa shape index (κ1) is 30.7. The first-order valence-electron chi connectivity index (χ1n) is 14.5. The number of carbonyl (C=O) groups excluding carboxylic acids is 1. The molecule has 0 bridgehead atoms. The molecule has 1 N–H and O–H groups in total. The molecule has 0 aliphatic carbocycles. The third-order valence-corrected chi connectivity index (χ3v) is 7.27. The van der Waals surface area contributed by atoms with E-state index in [1.165, 1.54) is 24.3 Å². The first-order valence-corrected chi connectivity index (χ1v) is 14.5. The maximum Gasteiger partial charge on any atom is 0.239 e. The van der Waals surface area contributed by atoms with Gasteiger partial charge in [0, 0.05) is 32.7 Å². The Balaban J connectivity index is 1.41. The number of piperazine rings is 1. The summed E-state index contributed by atoms with van der Waals surface area (Å²) >= 11 is 0. The second kappa shape index (κ2) is 13.6. The van der Waals surface area contributed by atoms with E-state index in [1.54, 1.807) is 24.3 Å². The minimum absolute atomic E-state index is 0.117. The fraction of sp³-hybridized carbons (Fsp3) is 0.441. The van der Waals surface area contributed by atoms with Gasteiger partial charge in [0.15, 0.2) is 0 Å². The lowest BCUT2D eigenvalue weighted by molar-refractivity contribution is -0.136. The van der Waals surface area contributed by atoms with Crippen molar-refractivity contribution in [2.75, 3.05) is 26.2 Å². The highest BCUT2D eigenvalue weighted by Gasteiger charge is 2.31. The summed E-state index contributed by atoms with van der Waals surface area (Å²) in [5.41, 5.74) is 2.72. The molecule has 3 aromatic rings. The maximum atomic E-state index is 13.7. The van der Waals surface area contributed by atoms with E-state index < -0.39 is 0 Å². The minimum Gasteiger partial charge on any atom is -0.488 e. The van der Waals surface area contributed by atoms with Crippen molar-refractivity contribution in [2.24, 2.45) is 5.92 Å². The molecule has 0 aromatic heterocycles. The van der Waals surface area contributed by atoms with Crippen LogP contribution in [0.25, 0.3) is 0 Å². The van der Waals surface area contributed by atoms with Crippen LogP contribution in [0.15, 0.2) is 72.8 Å². The Kier molecular flexibility index (Phi) is 10.2. The second-order valence-electron chi connectivity index (χ2n) is 12.3. The highest BCUT2D eigenvalue weighted by molar-refractivity contribution is 5.82. The topological polar surface area (TPSA) is 44.8 Å². The van der Waals surface area contributed by atoms with Gasteiger partial charge in [0.2, 0.25) is 5.91 Å². The molecule has 1 fully saturated rings. The monoisotopic (exact) mass is 563 g/mol. The van der Waals surface area contributed by atoms with Crippen molar-refractivity contribution in [2.45, 2.75) is 65.3 Å². The van der Waals surface area contributed by atoms with Crippen molar-refractivity contribution in [3.05, 3.63) is 101 Å². The van der Waals surface area contributed by atoms with Crippen molar-refractivity contribution in [1.29, 1.82) is 0 Å². The summed E-state index contributed by atoms with van der Waals surface area (Å²) < 4.78 is 33.3. The Morgan fingerprint density at radius 2 is 1.34 bits per heavy atom. The highest BCUT2D eigenvalue weighted by atomic mass is 19.1. The van der Waals surface area contributed by atoms with Crippen molar-refractivity contribution < 1.29 is 18.3 Å². The zero-order valence-electron chi connectivity index (χ0n) is 24.9. The molecule has 0 radical (unpaired) electrons. The van der Waals surface area contributed by atoms with Crippen LogP contribution in [0.5, 0.6) is 5.75 Å². The summed E-state index contributed by atoms with van der Waals surface area (Å²) in [5, 5.41) is 3.51. The second-order valence-corrected chi connectivity index (χ2v) is 12.3. The van der Waals surface area contributed by atoms with Crippen LogP contribution in [0.3, 0.4) is 0 Å². The van der Waals surface area contributed by atoms with Crippen LogP contribution < -0.4 is 10.1 Å². The number of benzene rings is 3. The van der Waals surface area contributed by atoms with E-state index in [4.69, 9.17) is 4.74 Å². The van der Waals surface area contributed by atoms with Crippen LogP contribution in [0.4, 0.5) is 8.78 Å². The van der Waals surface area contributed by atoms with E-state index in [1.807, 2.05) is 49.9 Å². The SMILES string of the molecule is CC(C)CC(NCc1ccc(OC(C)(C)C)cc1)C(=O)N1CCN(C(c2ccc(F)cc2)c2ccc(F)cc2)CC1. The van der Waals surface area contributed by atoms with E-state index in [0.717, 1.165) is 28.9 Å². The Morgan fingerprint density at radius 1 is 0.829 bits per heavy atom. The van der Waals surface area contributed by atoms with Gasteiger partial charge >= 0.3 is 0 Å². The lowest BCUT2D eigenvalue weighted by atomic mass is 9.96. The number of rotatable bonds is 10. The quantitative estimate of drug-likeness (QED) is 0.303. The molecule has 0 saturated carbocycles. The number of nitrogens with one attached hydrogen (secondary N) is 1. The molecule has 1 amide bonds. The summed E-state index contributed by atoms with van der Waals surface area (Å²) in [6.07, 6.45) is 0.748. The third kappa shape index (κ3) is 8.85. The number of amides is 1. The molecule has 1 heterocycles. The molecular weight excluding hydrogens is 520 g/mol. The normalized spacial score (nSPS) is 15.4. The number of nitrogens with zero attached hydrogens (tertiary/aromatic N) is 2. The lowest BCUT2D eigenvalue weighted by Crippen LogP contribution is -2.54. The molecule has 1 atom stereocenters. The van der Waals surface area contributed by atoms with Gasteiger partial charge in [-0.1, -0.05) is 50.2 Å². The van der Waals surface area contributed by atoms with Crippen LogP contribution in [0.1, 0.15) is 63.8 Å². The molecule has 1 aliphatic heterocycles. The summed E-state index contributed by atoms with van der Waals surface area (Å²) in [6, 6.07) is 20.5. The molecular formula is C34H43F2N3O2. The van der Waals surface area contributed by atoms with Gasteiger partial charge in [-0.05, 0) is 86.2 Å². The van der Waals surface area contributed by atoms with Gasteiger partial charge in [0.25, 0.3) is 0 Å². The molecule has 3 aromatic carbocycles. The number of ether oxygens (including phenoxy) is 1. The predicted octanol–water partition coefficient (Wildman–Crippen LogP) is 6.58. The van der Waals surface area contributed by atoms with Gasteiger partial charge in [-0.25, -0.2) is 8.78 Å². The predicted molar refractivity (Wildman–Crippen MR) is 160 cm³/mol. The summed E-state index contributed by atoms with van der Waals surface area (Å²) in [4.78, 5) is 17.9. The van der Waals surface area contributed by atoms with Crippen LogP contribution in [-0.4, -0.2) is 53.5 Å². The largest absolute Gasteiger partial charge is 0.488 e. The van der Waals surface area contributed by atoms with Crippen molar-refractivity contribution in [1.82, 2.24) is 15.1 Å². The zero-order chi connectivity index (χ0) is 29.6. The van der Waals surface area contributed by atoms with Crippen LogP contribution in [-0.2, 0) is 11.3 Å². The Morgan fingerprint density at radius 3 is 1.80 bits per heavy atom. The maximum absolute atomic E-state index is 13.7. The van der Waals surface area contributed by atoms with Crippen molar-refractivity contribution in [3.63, 3.8) is 0 Å². The van der Waals surface area contributed by atoms with Gasteiger partial charge in [0.1, 0.15) is 23.0 Å². The molecule has 0 spiro atoms. The average molecular weight is 564 g/mol.